The Kier molecular flexibility index (Phi) is 5.30. The van der Waals surface area contributed by atoms with Crippen LogP contribution in [0, 0.1) is 0 Å². The van der Waals surface area contributed by atoms with Crippen molar-refractivity contribution >= 4 is 17.8 Å². The Bertz CT molecular complexity index is 471. The molecular weight excluding hydrogens is 238 g/mol. The molecule has 0 aromatic carbocycles. The Morgan fingerprint density at radius 1 is 1.44 bits per heavy atom. The fraction of sp³-hybridized carbons (Fsp3) is 0.273. The van der Waals surface area contributed by atoms with Crippen molar-refractivity contribution in [2.24, 2.45) is 5.16 Å². The zero-order chi connectivity index (χ0) is 13.4. The minimum atomic E-state index is -0.586. The van der Waals surface area contributed by atoms with Gasteiger partial charge in [-0.3, -0.25) is 0 Å². The highest BCUT2D eigenvalue weighted by molar-refractivity contribution is 6.16. The van der Waals surface area contributed by atoms with Crippen LogP contribution in [0.4, 0.5) is 0 Å². The Labute approximate surface area is 104 Å². The molecule has 1 rings (SSSR count). The average molecular weight is 251 g/mol. The van der Waals surface area contributed by atoms with Crippen molar-refractivity contribution in [3.05, 3.63) is 24.3 Å². The van der Waals surface area contributed by atoms with Crippen LogP contribution in [0.5, 0.6) is 5.88 Å². The van der Waals surface area contributed by atoms with Crippen LogP contribution in [0.3, 0.4) is 0 Å². The number of ether oxygens (including phenoxy) is 2. The van der Waals surface area contributed by atoms with Crippen molar-refractivity contribution in [2.75, 3.05) is 14.2 Å². The summed E-state index contributed by atoms with van der Waals surface area (Å²) in [5, 5.41) is 3.59. The highest BCUT2D eigenvalue weighted by Crippen LogP contribution is 2.24. The molecule has 1 aromatic rings. The van der Waals surface area contributed by atoms with Crippen molar-refractivity contribution in [3.63, 3.8) is 0 Å². The maximum Gasteiger partial charge on any atom is 0.341 e. The van der Waals surface area contributed by atoms with Gasteiger partial charge in [0.2, 0.25) is 0 Å². The highest BCUT2D eigenvalue weighted by atomic mass is 16.6. The Hall–Kier alpha value is -2.44. The van der Waals surface area contributed by atoms with E-state index in [1.54, 1.807) is 6.92 Å². The van der Waals surface area contributed by atoms with Crippen LogP contribution in [0.25, 0.3) is 5.57 Å². The molecule has 0 saturated heterocycles. The van der Waals surface area contributed by atoms with Gasteiger partial charge in [0.25, 0.3) is 5.88 Å². The van der Waals surface area contributed by atoms with E-state index in [2.05, 4.69) is 19.9 Å². The van der Waals surface area contributed by atoms with Crippen LogP contribution in [-0.4, -0.2) is 36.4 Å². The average Bonchev–Trinajstić information content (AvgIpc) is 2.42. The third-order valence-electron chi connectivity index (χ3n) is 1.85. The highest BCUT2D eigenvalue weighted by Gasteiger charge is 2.19. The number of esters is 1. The molecule has 0 radical (unpaired) electrons. The van der Waals surface area contributed by atoms with Crippen LogP contribution in [0.2, 0.25) is 0 Å². The lowest BCUT2D eigenvalue weighted by Crippen LogP contribution is -2.07. The van der Waals surface area contributed by atoms with Gasteiger partial charge in [0.1, 0.15) is 11.9 Å². The predicted octanol–water partition coefficient (Wildman–Crippen LogP) is 1.02. The van der Waals surface area contributed by atoms with E-state index in [1.807, 2.05) is 0 Å². The lowest BCUT2D eigenvalue weighted by Gasteiger charge is -2.07. The Morgan fingerprint density at radius 3 is 2.83 bits per heavy atom. The normalized spacial score (nSPS) is 11.4. The maximum absolute atomic E-state index is 11.6. The lowest BCUT2D eigenvalue weighted by atomic mass is 10.1. The molecule has 0 unspecified atom stereocenters. The van der Waals surface area contributed by atoms with E-state index in [9.17, 15) is 4.79 Å². The summed E-state index contributed by atoms with van der Waals surface area (Å²) in [6, 6.07) is 0. The molecule has 7 heteroatoms. The molecule has 18 heavy (non-hydrogen) atoms. The van der Waals surface area contributed by atoms with Gasteiger partial charge < -0.3 is 14.3 Å². The molecule has 0 amide bonds. The molecular formula is C11H13N3O4. The molecule has 0 aliphatic heterocycles. The summed E-state index contributed by atoms with van der Waals surface area (Å²) in [6.45, 7) is 1.69. The molecule has 96 valence electrons. The molecule has 0 spiro atoms. The van der Waals surface area contributed by atoms with Crippen molar-refractivity contribution in [2.45, 2.75) is 6.92 Å². The number of carbonyl (C=O) groups excluding carboxylic acids is 1. The second kappa shape index (κ2) is 7.00. The summed E-state index contributed by atoms with van der Waals surface area (Å²) in [5.74, 6) is -0.450. The zero-order valence-corrected chi connectivity index (χ0v) is 10.3. The summed E-state index contributed by atoms with van der Waals surface area (Å²) in [5.41, 5.74) is 0.471. The van der Waals surface area contributed by atoms with E-state index in [0.29, 0.717) is 5.56 Å². The van der Waals surface area contributed by atoms with Crippen LogP contribution in [0.1, 0.15) is 12.5 Å². The van der Waals surface area contributed by atoms with Gasteiger partial charge in [-0.15, -0.1) is 0 Å². The molecule has 7 nitrogen and oxygen atoms in total. The van der Waals surface area contributed by atoms with E-state index in [4.69, 9.17) is 9.57 Å². The van der Waals surface area contributed by atoms with Gasteiger partial charge in [-0.05, 0) is 6.92 Å². The SMILES string of the molecule is CC=NOc1ncncc1/C(=C\OC)C(=O)OC. The first kappa shape index (κ1) is 13.6. The number of nitrogens with zero attached hydrogens (tertiary/aromatic N) is 3. The largest absolute Gasteiger partial charge is 0.503 e. The zero-order valence-electron chi connectivity index (χ0n) is 10.3. The number of oxime groups is 1. The fourth-order valence-corrected chi connectivity index (χ4v) is 1.13. The van der Waals surface area contributed by atoms with Crippen LogP contribution >= 0.6 is 0 Å². The molecule has 0 saturated carbocycles. The lowest BCUT2D eigenvalue weighted by molar-refractivity contribution is -0.133. The van der Waals surface area contributed by atoms with Crippen LogP contribution < -0.4 is 4.84 Å². The predicted molar refractivity (Wildman–Crippen MR) is 63.8 cm³/mol. The molecule has 0 N–H and O–H groups in total. The van der Waals surface area contributed by atoms with Gasteiger partial charge >= 0.3 is 5.97 Å². The first-order valence-electron chi connectivity index (χ1n) is 5.01. The minimum Gasteiger partial charge on any atom is -0.503 e. The number of hydrogen-bond donors (Lipinski definition) is 0. The van der Waals surface area contributed by atoms with Gasteiger partial charge in [-0.25, -0.2) is 9.78 Å². The van der Waals surface area contributed by atoms with E-state index in [0.717, 1.165) is 0 Å². The third-order valence-corrected chi connectivity index (χ3v) is 1.85. The van der Waals surface area contributed by atoms with Crippen molar-refractivity contribution in [3.8, 4) is 5.88 Å². The van der Waals surface area contributed by atoms with Crippen LogP contribution in [-0.2, 0) is 14.3 Å². The van der Waals surface area contributed by atoms with Gasteiger partial charge in [-0.1, -0.05) is 5.16 Å². The van der Waals surface area contributed by atoms with Gasteiger partial charge in [0, 0.05) is 12.4 Å². The van der Waals surface area contributed by atoms with E-state index < -0.39 is 5.97 Å². The summed E-state index contributed by atoms with van der Waals surface area (Å²) >= 11 is 0. The number of carbonyl (C=O) groups is 1. The number of aromatic nitrogens is 2. The summed E-state index contributed by atoms with van der Waals surface area (Å²) in [7, 11) is 2.68. The molecule has 0 aliphatic carbocycles. The second-order valence-corrected chi connectivity index (χ2v) is 2.96. The van der Waals surface area contributed by atoms with Gasteiger partial charge in [0.05, 0.1) is 26.0 Å². The van der Waals surface area contributed by atoms with Gasteiger partial charge in [0.15, 0.2) is 0 Å². The molecule has 0 fully saturated rings. The molecule has 0 bridgehead atoms. The third kappa shape index (κ3) is 3.27. The summed E-state index contributed by atoms with van der Waals surface area (Å²) < 4.78 is 9.47. The summed E-state index contributed by atoms with van der Waals surface area (Å²) in [6.07, 6.45) is 5.37. The number of hydrogen-bond acceptors (Lipinski definition) is 7. The topological polar surface area (TPSA) is 82.9 Å². The minimum absolute atomic E-state index is 0.136. The number of methoxy groups -OCH3 is 2. The summed E-state index contributed by atoms with van der Waals surface area (Å²) in [4.78, 5) is 24.3. The van der Waals surface area contributed by atoms with Crippen LogP contribution in [0.15, 0.2) is 23.9 Å². The Balaban J connectivity index is 3.19. The quantitative estimate of drug-likeness (QED) is 0.255. The molecule has 1 aromatic heterocycles. The van der Waals surface area contributed by atoms with E-state index in [-0.39, 0.29) is 11.5 Å². The molecule has 0 atom stereocenters. The fourth-order valence-electron chi connectivity index (χ4n) is 1.13. The maximum atomic E-state index is 11.6. The molecule has 1 heterocycles. The number of rotatable bonds is 5. The monoisotopic (exact) mass is 251 g/mol. The standard InChI is InChI=1S/C11H13N3O4/c1-4-14-18-10-8(5-12-7-13-10)9(6-16-2)11(15)17-3/h4-7H,1-3H3/b9-6+,14-4?. The first-order valence-corrected chi connectivity index (χ1v) is 5.01. The van der Waals surface area contributed by atoms with Gasteiger partial charge in [-0.2, -0.15) is 4.98 Å². The van der Waals surface area contributed by atoms with Crippen molar-refractivity contribution < 1.29 is 19.1 Å². The van der Waals surface area contributed by atoms with Crippen molar-refractivity contribution in [1.82, 2.24) is 9.97 Å². The van der Waals surface area contributed by atoms with E-state index >= 15 is 0 Å². The molecule has 0 aliphatic rings. The first-order chi connectivity index (χ1) is 8.74. The van der Waals surface area contributed by atoms with Crippen molar-refractivity contribution in [1.29, 1.82) is 0 Å². The van der Waals surface area contributed by atoms with E-state index in [1.165, 1.54) is 39.2 Å². The second-order valence-electron chi connectivity index (χ2n) is 2.96. The smallest absolute Gasteiger partial charge is 0.341 e. The Morgan fingerprint density at radius 2 is 2.22 bits per heavy atom.